The number of halogens is 1. The fourth-order valence-corrected chi connectivity index (χ4v) is 3.78. The lowest BCUT2D eigenvalue weighted by Gasteiger charge is -2.34. The lowest BCUT2D eigenvalue weighted by Crippen LogP contribution is -2.51. The molecule has 1 aliphatic rings. The molecule has 7 nitrogen and oxygen atoms in total. The largest absolute Gasteiger partial charge is 0.496 e. The van der Waals surface area contributed by atoms with Crippen LogP contribution >= 0.6 is 11.6 Å². The Kier molecular flexibility index (Phi) is 7.41. The van der Waals surface area contributed by atoms with Crippen molar-refractivity contribution in [3.8, 4) is 22.6 Å². The molecule has 2 aromatic rings. The molecule has 0 bridgehead atoms. The van der Waals surface area contributed by atoms with Crippen molar-refractivity contribution in [2.24, 2.45) is 0 Å². The van der Waals surface area contributed by atoms with Crippen LogP contribution in [0.1, 0.15) is 0 Å². The number of benzene rings is 2. The summed E-state index contributed by atoms with van der Waals surface area (Å²) in [5.41, 5.74) is 2.27. The van der Waals surface area contributed by atoms with E-state index in [1.54, 1.807) is 30.1 Å². The molecule has 2 aromatic carbocycles. The summed E-state index contributed by atoms with van der Waals surface area (Å²) in [5, 5.41) is 3.68. The van der Waals surface area contributed by atoms with Crippen LogP contribution in [0.5, 0.6) is 11.5 Å². The molecule has 0 radical (unpaired) electrons. The molecule has 1 fully saturated rings. The van der Waals surface area contributed by atoms with Gasteiger partial charge >= 0.3 is 0 Å². The fourth-order valence-electron chi connectivity index (χ4n) is 3.52. The number of rotatable bonds is 7. The minimum atomic E-state index is -0.111. The summed E-state index contributed by atoms with van der Waals surface area (Å²) in [6.45, 7) is 5.58. The van der Waals surface area contributed by atoms with Crippen molar-refractivity contribution in [1.82, 2.24) is 9.80 Å². The van der Waals surface area contributed by atoms with Gasteiger partial charge < -0.3 is 24.6 Å². The van der Waals surface area contributed by atoms with Crippen molar-refractivity contribution >= 4 is 29.1 Å². The average Bonchev–Trinajstić information content (AvgIpc) is 2.82. The average molecular weight is 444 g/mol. The number of para-hydroxylation sites is 1. The summed E-state index contributed by atoms with van der Waals surface area (Å²) >= 11 is 6.50. The summed E-state index contributed by atoms with van der Waals surface area (Å²) in [6, 6.07) is 11.2. The van der Waals surface area contributed by atoms with Gasteiger partial charge in [-0.15, -0.1) is 0 Å². The van der Waals surface area contributed by atoms with Crippen LogP contribution in [0.3, 0.4) is 0 Å². The molecule has 1 saturated heterocycles. The number of ether oxygens (including phenoxy) is 2. The van der Waals surface area contributed by atoms with Crippen LogP contribution in [0.4, 0.5) is 5.69 Å². The highest BCUT2D eigenvalue weighted by Crippen LogP contribution is 2.40. The normalized spacial score (nSPS) is 13.5. The molecule has 1 N–H and O–H groups in total. The van der Waals surface area contributed by atoms with E-state index < -0.39 is 0 Å². The van der Waals surface area contributed by atoms with Crippen molar-refractivity contribution in [1.29, 1.82) is 0 Å². The van der Waals surface area contributed by atoms with E-state index >= 15 is 0 Å². The number of carbonyl (C=O) groups is 2. The molecular formula is C23H26ClN3O4. The molecule has 0 aromatic heterocycles. The Bertz CT molecular complexity index is 971. The molecule has 2 amide bonds. The second-order valence-electron chi connectivity index (χ2n) is 7.00. The van der Waals surface area contributed by atoms with Gasteiger partial charge in [-0.05, 0) is 18.2 Å². The molecule has 0 atom stereocenters. The summed E-state index contributed by atoms with van der Waals surface area (Å²) in [5.74, 6) is 1.07. The first-order valence-corrected chi connectivity index (χ1v) is 10.3. The van der Waals surface area contributed by atoms with E-state index in [0.717, 1.165) is 11.1 Å². The summed E-state index contributed by atoms with van der Waals surface area (Å²) < 4.78 is 10.9. The third-order valence-electron chi connectivity index (χ3n) is 5.24. The third-order valence-corrected chi connectivity index (χ3v) is 5.55. The zero-order valence-corrected chi connectivity index (χ0v) is 18.4. The first kappa shape index (κ1) is 22.5. The molecule has 1 aliphatic heterocycles. The highest BCUT2D eigenvalue weighted by atomic mass is 35.5. The molecule has 0 unspecified atom stereocenters. The Labute approximate surface area is 187 Å². The maximum atomic E-state index is 12.7. The highest BCUT2D eigenvalue weighted by Gasteiger charge is 2.23. The van der Waals surface area contributed by atoms with Crippen molar-refractivity contribution in [3.05, 3.63) is 54.1 Å². The van der Waals surface area contributed by atoms with Crippen LogP contribution < -0.4 is 14.8 Å². The van der Waals surface area contributed by atoms with Gasteiger partial charge in [-0.3, -0.25) is 9.59 Å². The monoisotopic (exact) mass is 443 g/mol. The first-order valence-electron chi connectivity index (χ1n) is 9.92. The van der Waals surface area contributed by atoms with Crippen molar-refractivity contribution in [2.45, 2.75) is 0 Å². The molecule has 31 heavy (non-hydrogen) atoms. The van der Waals surface area contributed by atoms with Crippen LogP contribution in [0, 0.1) is 0 Å². The van der Waals surface area contributed by atoms with Gasteiger partial charge in [-0.1, -0.05) is 36.4 Å². The van der Waals surface area contributed by atoms with Gasteiger partial charge in [0.05, 0.1) is 31.5 Å². The summed E-state index contributed by atoms with van der Waals surface area (Å²) in [6.07, 6.45) is 1.30. The van der Waals surface area contributed by atoms with Crippen molar-refractivity contribution in [3.63, 3.8) is 0 Å². The summed E-state index contributed by atoms with van der Waals surface area (Å²) in [4.78, 5) is 27.8. The third kappa shape index (κ3) is 5.11. The molecule has 8 heteroatoms. The minimum Gasteiger partial charge on any atom is -0.496 e. The number of amides is 2. The molecule has 0 aliphatic carbocycles. The molecule has 164 valence electrons. The molecule has 1 heterocycles. The lowest BCUT2D eigenvalue weighted by atomic mass is 10.0. The number of nitrogens with one attached hydrogen (secondary N) is 1. The van der Waals surface area contributed by atoms with E-state index in [1.807, 2.05) is 30.3 Å². The summed E-state index contributed by atoms with van der Waals surface area (Å²) in [7, 11) is 3.16. The predicted molar refractivity (Wildman–Crippen MR) is 122 cm³/mol. The lowest BCUT2D eigenvalue weighted by molar-refractivity contribution is -0.135. The molecular weight excluding hydrogens is 418 g/mol. The number of methoxy groups -OCH3 is 2. The van der Waals surface area contributed by atoms with Crippen molar-refractivity contribution in [2.75, 3.05) is 52.3 Å². The second kappa shape index (κ2) is 10.2. The van der Waals surface area contributed by atoms with Crippen LogP contribution in [0.15, 0.2) is 49.1 Å². The standard InChI is InChI=1S/C23H26ClN3O4/c1-4-22(28)26-9-11-27(12-10-26)23(29)15-25-19-13-17(18(24)14-21(19)31-3)16-7-5-6-8-20(16)30-2/h4-8,13-14,25H,1,9-12,15H2,2-3H3. The van der Waals surface area contributed by atoms with Gasteiger partial charge in [0.15, 0.2) is 0 Å². The van der Waals surface area contributed by atoms with Crippen LogP contribution in [-0.4, -0.2) is 68.6 Å². The van der Waals surface area contributed by atoms with Gasteiger partial charge in [0.25, 0.3) is 0 Å². The van der Waals surface area contributed by atoms with Crippen LogP contribution in [0.2, 0.25) is 5.02 Å². The number of hydrogen-bond acceptors (Lipinski definition) is 5. The Balaban J connectivity index is 1.73. The number of carbonyl (C=O) groups excluding carboxylic acids is 2. The Hall–Kier alpha value is -3.19. The first-order chi connectivity index (χ1) is 15.0. The zero-order valence-electron chi connectivity index (χ0n) is 17.7. The number of hydrogen-bond donors (Lipinski definition) is 1. The maximum Gasteiger partial charge on any atom is 0.246 e. The molecule has 0 saturated carbocycles. The smallest absolute Gasteiger partial charge is 0.246 e. The van der Waals surface area contributed by atoms with Crippen LogP contribution in [-0.2, 0) is 9.59 Å². The van der Waals surface area contributed by atoms with Gasteiger partial charge in [-0.25, -0.2) is 0 Å². The number of nitrogens with zero attached hydrogens (tertiary/aromatic N) is 2. The van der Waals surface area contributed by atoms with E-state index in [9.17, 15) is 9.59 Å². The van der Waals surface area contributed by atoms with Crippen LogP contribution in [0.25, 0.3) is 11.1 Å². The highest BCUT2D eigenvalue weighted by molar-refractivity contribution is 6.33. The van der Waals surface area contributed by atoms with E-state index in [2.05, 4.69) is 11.9 Å². The second-order valence-corrected chi connectivity index (χ2v) is 7.40. The van der Waals surface area contributed by atoms with E-state index in [1.165, 1.54) is 6.08 Å². The molecule has 3 rings (SSSR count). The van der Waals surface area contributed by atoms with Gasteiger partial charge in [0.2, 0.25) is 11.8 Å². The number of piperazine rings is 1. The van der Waals surface area contributed by atoms with Crippen molar-refractivity contribution < 1.29 is 19.1 Å². The zero-order chi connectivity index (χ0) is 22.4. The number of anilines is 1. The predicted octanol–water partition coefficient (Wildman–Crippen LogP) is 3.29. The Morgan fingerprint density at radius 2 is 1.68 bits per heavy atom. The van der Waals surface area contributed by atoms with Gasteiger partial charge in [-0.2, -0.15) is 0 Å². The maximum absolute atomic E-state index is 12.7. The SMILES string of the molecule is C=CC(=O)N1CCN(C(=O)CNc2cc(-c3ccccc3OC)c(Cl)cc2OC)CC1. The van der Waals surface area contributed by atoms with Gasteiger partial charge in [0.1, 0.15) is 11.5 Å². The van der Waals surface area contributed by atoms with E-state index in [0.29, 0.717) is 48.4 Å². The fraction of sp³-hybridized carbons (Fsp3) is 0.304. The van der Waals surface area contributed by atoms with E-state index in [-0.39, 0.29) is 18.4 Å². The minimum absolute atomic E-state index is 0.0541. The quantitative estimate of drug-likeness (QED) is 0.665. The van der Waals surface area contributed by atoms with E-state index in [4.69, 9.17) is 21.1 Å². The van der Waals surface area contributed by atoms with Gasteiger partial charge in [0, 0.05) is 43.4 Å². The molecule has 0 spiro atoms. The topological polar surface area (TPSA) is 71.1 Å². The Morgan fingerprint density at radius 3 is 2.32 bits per heavy atom. The Morgan fingerprint density at radius 1 is 1.03 bits per heavy atom.